The summed E-state index contributed by atoms with van der Waals surface area (Å²) in [5, 5.41) is 0.509. The lowest BCUT2D eigenvalue weighted by molar-refractivity contribution is 0.0992. The number of ether oxygens (including phenoxy) is 1. The van der Waals surface area contributed by atoms with Crippen molar-refractivity contribution in [2.75, 3.05) is 7.11 Å². The number of carbonyl (C=O) groups is 1. The van der Waals surface area contributed by atoms with Gasteiger partial charge in [-0.1, -0.05) is 41.4 Å². The molecule has 2 aromatic rings. The lowest BCUT2D eigenvalue weighted by Gasteiger charge is -2.06. The van der Waals surface area contributed by atoms with Crippen molar-refractivity contribution in [1.29, 1.82) is 0 Å². The van der Waals surface area contributed by atoms with Gasteiger partial charge in [0.2, 0.25) is 0 Å². The monoisotopic (exact) mass is 274 g/mol. The number of rotatable bonds is 4. The summed E-state index contributed by atoms with van der Waals surface area (Å²) in [5.41, 5.74) is 2.78. The van der Waals surface area contributed by atoms with Gasteiger partial charge in [-0.15, -0.1) is 0 Å². The van der Waals surface area contributed by atoms with E-state index in [2.05, 4.69) is 0 Å². The molecule has 0 saturated carbocycles. The van der Waals surface area contributed by atoms with E-state index in [-0.39, 0.29) is 5.78 Å². The molecule has 0 aromatic heterocycles. The second-order valence-corrected chi connectivity index (χ2v) is 4.85. The zero-order chi connectivity index (χ0) is 13.8. The summed E-state index contributed by atoms with van der Waals surface area (Å²) in [5.74, 6) is 0.581. The van der Waals surface area contributed by atoms with Gasteiger partial charge in [-0.25, -0.2) is 0 Å². The van der Waals surface area contributed by atoms with E-state index in [0.29, 0.717) is 22.8 Å². The van der Waals surface area contributed by atoms with Crippen LogP contribution in [0.1, 0.15) is 21.5 Å². The van der Waals surface area contributed by atoms with E-state index in [1.807, 2.05) is 31.2 Å². The Morgan fingerprint density at radius 3 is 2.68 bits per heavy atom. The zero-order valence-corrected chi connectivity index (χ0v) is 11.7. The fourth-order valence-corrected chi connectivity index (χ4v) is 2.14. The third kappa shape index (κ3) is 3.36. The minimum atomic E-state index is 0.0561. The molecule has 0 spiro atoms. The minimum absolute atomic E-state index is 0.0561. The fraction of sp³-hybridized carbons (Fsp3) is 0.188. The molecule has 0 unspecified atom stereocenters. The van der Waals surface area contributed by atoms with E-state index in [9.17, 15) is 4.79 Å². The molecule has 2 rings (SSSR count). The van der Waals surface area contributed by atoms with Crippen LogP contribution < -0.4 is 4.74 Å². The molecule has 2 aromatic carbocycles. The van der Waals surface area contributed by atoms with Crippen LogP contribution in [0.3, 0.4) is 0 Å². The molecule has 0 bridgehead atoms. The average Bonchev–Trinajstić information content (AvgIpc) is 2.39. The third-order valence-electron chi connectivity index (χ3n) is 2.92. The molecule has 3 heteroatoms. The van der Waals surface area contributed by atoms with Crippen LogP contribution in [0.25, 0.3) is 0 Å². The number of benzene rings is 2. The number of methoxy groups -OCH3 is 1. The van der Waals surface area contributed by atoms with Crippen molar-refractivity contribution in [3.63, 3.8) is 0 Å². The molecule has 0 heterocycles. The SMILES string of the molecule is COc1cc(C(=O)Cc2cccc(C)c2)ccc1Cl. The molecule has 19 heavy (non-hydrogen) atoms. The Morgan fingerprint density at radius 1 is 1.21 bits per heavy atom. The van der Waals surface area contributed by atoms with Crippen molar-refractivity contribution < 1.29 is 9.53 Å². The fourth-order valence-electron chi connectivity index (χ4n) is 1.94. The third-order valence-corrected chi connectivity index (χ3v) is 3.23. The maximum Gasteiger partial charge on any atom is 0.167 e. The number of aryl methyl sites for hydroxylation is 1. The van der Waals surface area contributed by atoms with E-state index in [0.717, 1.165) is 11.1 Å². The highest BCUT2D eigenvalue weighted by atomic mass is 35.5. The highest BCUT2D eigenvalue weighted by Crippen LogP contribution is 2.25. The Labute approximate surface area is 118 Å². The van der Waals surface area contributed by atoms with Crippen LogP contribution in [0.15, 0.2) is 42.5 Å². The molecule has 0 fully saturated rings. The molecule has 0 aliphatic heterocycles. The standard InChI is InChI=1S/C16H15ClO2/c1-11-4-3-5-12(8-11)9-15(18)13-6-7-14(17)16(10-13)19-2/h3-8,10H,9H2,1-2H3. The van der Waals surface area contributed by atoms with Crippen molar-refractivity contribution in [2.24, 2.45) is 0 Å². The predicted molar refractivity (Wildman–Crippen MR) is 77.2 cm³/mol. The second kappa shape index (κ2) is 5.89. The molecular formula is C16H15ClO2. The van der Waals surface area contributed by atoms with Gasteiger partial charge >= 0.3 is 0 Å². The van der Waals surface area contributed by atoms with Gasteiger partial charge in [0.15, 0.2) is 5.78 Å². The summed E-state index contributed by atoms with van der Waals surface area (Å²) in [7, 11) is 1.54. The van der Waals surface area contributed by atoms with Crippen molar-refractivity contribution in [2.45, 2.75) is 13.3 Å². The van der Waals surface area contributed by atoms with Gasteiger partial charge < -0.3 is 4.74 Å². The smallest absolute Gasteiger partial charge is 0.167 e. The number of Topliss-reactive ketones (excluding diaryl/α,β-unsaturated/α-hetero) is 1. The van der Waals surface area contributed by atoms with Gasteiger partial charge in [-0.05, 0) is 30.7 Å². The van der Waals surface area contributed by atoms with Crippen LogP contribution in [0.5, 0.6) is 5.75 Å². The van der Waals surface area contributed by atoms with Crippen LogP contribution >= 0.6 is 11.6 Å². The van der Waals surface area contributed by atoms with Crippen molar-refractivity contribution in [3.05, 3.63) is 64.2 Å². The summed E-state index contributed by atoms with van der Waals surface area (Å²) in [6, 6.07) is 13.0. The van der Waals surface area contributed by atoms with Crippen LogP contribution in [-0.4, -0.2) is 12.9 Å². The van der Waals surface area contributed by atoms with E-state index in [4.69, 9.17) is 16.3 Å². The summed E-state index contributed by atoms with van der Waals surface area (Å²) in [6.07, 6.45) is 0.381. The Hall–Kier alpha value is -1.80. The first kappa shape index (κ1) is 13.6. The first-order chi connectivity index (χ1) is 9.10. The molecular weight excluding hydrogens is 260 g/mol. The lowest BCUT2D eigenvalue weighted by atomic mass is 10.0. The average molecular weight is 275 g/mol. The number of ketones is 1. The van der Waals surface area contributed by atoms with E-state index in [1.165, 1.54) is 7.11 Å². The molecule has 0 atom stereocenters. The minimum Gasteiger partial charge on any atom is -0.495 e. The topological polar surface area (TPSA) is 26.3 Å². The maximum atomic E-state index is 12.2. The maximum absolute atomic E-state index is 12.2. The van der Waals surface area contributed by atoms with Gasteiger partial charge in [0.1, 0.15) is 5.75 Å². The van der Waals surface area contributed by atoms with E-state index >= 15 is 0 Å². The van der Waals surface area contributed by atoms with Crippen molar-refractivity contribution in [3.8, 4) is 5.75 Å². The van der Waals surface area contributed by atoms with Gasteiger partial charge in [-0.2, -0.15) is 0 Å². The van der Waals surface area contributed by atoms with Gasteiger partial charge in [0.25, 0.3) is 0 Å². The van der Waals surface area contributed by atoms with Crippen LogP contribution in [0.4, 0.5) is 0 Å². The number of halogens is 1. The van der Waals surface area contributed by atoms with Gasteiger partial charge in [-0.3, -0.25) is 4.79 Å². The Morgan fingerprint density at radius 2 is 2.00 bits per heavy atom. The highest BCUT2D eigenvalue weighted by Gasteiger charge is 2.10. The van der Waals surface area contributed by atoms with Crippen LogP contribution in [0.2, 0.25) is 5.02 Å². The summed E-state index contributed by atoms with van der Waals surface area (Å²) in [6.45, 7) is 2.01. The Bertz CT molecular complexity index is 605. The van der Waals surface area contributed by atoms with E-state index < -0.39 is 0 Å². The second-order valence-electron chi connectivity index (χ2n) is 4.44. The summed E-state index contributed by atoms with van der Waals surface area (Å²) < 4.78 is 5.12. The molecule has 0 aliphatic carbocycles. The number of hydrogen-bond acceptors (Lipinski definition) is 2. The molecule has 0 saturated heterocycles. The number of carbonyl (C=O) groups excluding carboxylic acids is 1. The normalized spacial score (nSPS) is 10.3. The first-order valence-corrected chi connectivity index (χ1v) is 6.40. The van der Waals surface area contributed by atoms with Crippen LogP contribution in [-0.2, 0) is 6.42 Å². The van der Waals surface area contributed by atoms with Gasteiger partial charge in [0.05, 0.1) is 12.1 Å². The number of hydrogen-bond donors (Lipinski definition) is 0. The van der Waals surface area contributed by atoms with Crippen molar-refractivity contribution >= 4 is 17.4 Å². The molecule has 0 amide bonds. The van der Waals surface area contributed by atoms with Crippen LogP contribution in [0, 0.1) is 6.92 Å². The summed E-state index contributed by atoms with van der Waals surface area (Å²) in [4.78, 5) is 12.2. The molecule has 2 nitrogen and oxygen atoms in total. The highest BCUT2D eigenvalue weighted by molar-refractivity contribution is 6.32. The predicted octanol–water partition coefficient (Wildman–Crippen LogP) is 4.08. The quantitative estimate of drug-likeness (QED) is 0.785. The summed E-state index contributed by atoms with van der Waals surface area (Å²) >= 11 is 5.95. The van der Waals surface area contributed by atoms with E-state index in [1.54, 1.807) is 18.2 Å². The first-order valence-electron chi connectivity index (χ1n) is 6.02. The molecule has 0 aliphatic rings. The molecule has 0 radical (unpaired) electrons. The largest absolute Gasteiger partial charge is 0.495 e. The zero-order valence-electron chi connectivity index (χ0n) is 10.9. The molecule has 0 N–H and O–H groups in total. The Kier molecular flexibility index (Phi) is 4.23. The van der Waals surface area contributed by atoms with Gasteiger partial charge in [0, 0.05) is 12.0 Å². The lowest BCUT2D eigenvalue weighted by Crippen LogP contribution is -2.04. The molecule has 98 valence electrons. The van der Waals surface area contributed by atoms with Crippen molar-refractivity contribution in [1.82, 2.24) is 0 Å². The Balaban J connectivity index is 2.20.